The summed E-state index contributed by atoms with van der Waals surface area (Å²) in [5.41, 5.74) is 1.29. The van der Waals surface area contributed by atoms with Crippen LogP contribution in [0.2, 0.25) is 5.02 Å². The number of halogens is 1. The Kier molecular flexibility index (Phi) is 4.18. The molecule has 0 radical (unpaired) electrons. The Morgan fingerprint density at radius 2 is 2.11 bits per heavy atom. The van der Waals surface area contributed by atoms with E-state index in [2.05, 4.69) is 25.2 Å². The Labute approximate surface area is 115 Å². The van der Waals surface area contributed by atoms with Crippen LogP contribution in [0.15, 0.2) is 18.2 Å². The number of hydrogen-bond acceptors (Lipinski definition) is 2. The minimum Gasteiger partial charge on any atom is -0.497 e. The number of ether oxygens (including phenoxy) is 1. The molecule has 1 aromatic rings. The fourth-order valence-corrected chi connectivity index (χ4v) is 2.61. The van der Waals surface area contributed by atoms with Crippen LogP contribution in [0, 0.1) is 0 Å². The summed E-state index contributed by atoms with van der Waals surface area (Å²) in [5, 5.41) is 4.35. The summed E-state index contributed by atoms with van der Waals surface area (Å²) >= 11 is 6.35. The molecule has 100 valence electrons. The number of hydrogen-bond donors (Lipinski definition) is 1. The molecule has 18 heavy (non-hydrogen) atoms. The second-order valence-corrected chi connectivity index (χ2v) is 6.12. The predicted octanol–water partition coefficient (Wildman–Crippen LogP) is 3.77. The second kappa shape index (κ2) is 5.50. The lowest BCUT2D eigenvalue weighted by Crippen LogP contribution is -2.26. The van der Waals surface area contributed by atoms with Crippen molar-refractivity contribution in [2.24, 2.45) is 0 Å². The molecule has 2 rings (SSSR count). The van der Waals surface area contributed by atoms with Crippen LogP contribution < -0.4 is 10.1 Å². The molecule has 1 fully saturated rings. The smallest absolute Gasteiger partial charge is 0.120 e. The SMILES string of the molecule is COc1ccc(C(C)(C)CCNC2CC2)c(Cl)c1. The first-order chi connectivity index (χ1) is 8.53. The quantitative estimate of drug-likeness (QED) is 0.847. The summed E-state index contributed by atoms with van der Waals surface area (Å²) < 4.78 is 5.19. The van der Waals surface area contributed by atoms with E-state index >= 15 is 0 Å². The molecule has 0 heterocycles. The summed E-state index contributed by atoms with van der Waals surface area (Å²) in [5.74, 6) is 0.815. The highest BCUT2D eigenvalue weighted by molar-refractivity contribution is 6.31. The molecular weight excluding hydrogens is 246 g/mol. The third-order valence-corrected chi connectivity index (χ3v) is 3.98. The van der Waals surface area contributed by atoms with Gasteiger partial charge in [-0.05, 0) is 48.9 Å². The predicted molar refractivity (Wildman–Crippen MR) is 76.7 cm³/mol. The van der Waals surface area contributed by atoms with Crippen molar-refractivity contribution in [2.45, 2.75) is 44.6 Å². The molecule has 0 aromatic heterocycles. The van der Waals surface area contributed by atoms with Crippen LogP contribution in [0.1, 0.15) is 38.7 Å². The fourth-order valence-electron chi connectivity index (χ4n) is 2.18. The average molecular weight is 268 g/mol. The van der Waals surface area contributed by atoms with Crippen molar-refractivity contribution < 1.29 is 4.74 Å². The van der Waals surface area contributed by atoms with Crippen molar-refractivity contribution in [1.29, 1.82) is 0 Å². The molecule has 0 spiro atoms. The van der Waals surface area contributed by atoms with E-state index in [9.17, 15) is 0 Å². The van der Waals surface area contributed by atoms with Crippen LogP contribution in [-0.2, 0) is 5.41 Å². The van der Waals surface area contributed by atoms with Crippen molar-refractivity contribution in [3.63, 3.8) is 0 Å². The van der Waals surface area contributed by atoms with E-state index in [0.29, 0.717) is 0 Å². The molecule has 0 aliphatic heterocycles. The average Bonchev–Trinajstić information content (AvgIpc) is 3.12. The van der Waals surface area contributed by atoms with Gasteiger partial charge in [0.05, 0.1) is 7.11 Å². The van der Waals surface area contributed by atoms with Gasteiger partial charge in [0.25, 0.3) is 0 Å². The molecule has 0 atom stereocenters. The number of methoxy groups -OCH3 is 1. The molecular formula is C15H22ClNO. The van der Waals surface area contributed by atoms with Crippen LogP contribution in [0.25, 0.3) is 0 Å². The van der Waals surface area contributed by atoms with Crippen molar-refractivity contribution in [3.8, 4) is 5.75 Å². The number of nitrogens with one attached hydrogen (secondary N) is 1. The zero-order valence-electron chi connectivity index (χ0n) is 11.4. The van der Waals surface area contributed by atoms with E-state index in [1.807, 2.05) is 12.1 Å². The summed E-state index contributed by atoms with van der Waals surface area (Å²) in [7, 11) is 1.66. The largest absolute Gasteiger partial charge is 0.497 e. The zero-order chi connectivity index (χ0) is 13.2. The van der Waals surface area contributed by atoms with Gasteiger partial charge in [0.2, 0.25) is 0 Å². The third-order valence-electron chi connectivity index (χ3n) is 3.67. The van der Waals surface area contributed by atoms with Crippen molar-refractivity contribution >= 4 is 11.6 Å². The van der Waals surface area contributed by atoms with E-state index in [1.165, 1.54) is 18.4 Å². The number of benzene rings is 1. The fraction of sp³-hybridized carbons (Fsp3) is 0.600. The van der Waals surface area contributed by atoms with Gasteiger partial charge in [-0.15, -0.1) is 0 Å². The van der Waals surface area contributed by atoms with Crippen LogP contribution >= 0.6 is 11.6 Å². The zero-order valence-corrected chi connectivity index (χ0v) is 12.2. The Morgan fingerprint density at radius 1 is 1.39 bits per heavy atom. The van der Waals surface area contributed by atoms with Crippen LogP contribution in [0.4, 0.5) is 0 Å². The highest BCUT2D eigenvalue weighted by Gasteiger charge is 2.25. The Morgan fingerprint density at radius 3 is 2.67 bits per heavy atom. The lowest BCUT2D eigenvalue weighted by atomic mass is 9.81. The topological polar surface area (TPSA) is 21.3 Å². The molecule has 1 N–H and O–H groups in total. The minimum atomic E-state index is 0.0885. The second-order valence-electron chi connectivity index (χ2n) is 5.71. The number of rotatable bonds is 6. The summed E-state index contributed by atoms with van der Waals surface area (Å²) in [6.45, 7) is 5.55. The van der Waals surface area contributed by atoms with Gasteiger partial charge in [-0.2, -0.15) is 0 Å². The first kappa shape index (κ1) is 13.7. The molecule has 0 unspecified atom stereocenters. The first-order valence-corrected chi connectivity index (χ1v) is 6.98. The van der Waals surface area contributed by atoms with E-state index < -0.39 is 0 Å². The van der Waals surface area contributed by atoms with Gasteiger partial charge in [0.1, 0.15) is 5.75 Å². The Bertz CT molecular complexity index is 413. The van der Waals surface area contributed by atoms with E-state index in [4.69, 9.17) is 16.3 Å². The van der Waals surface area contributed by atoms with Crippen molar-refractivity contribution in [1.82, 2.24) is 5.32 Å². The third kappa shape index (κ3) is 3.39. The first-order valence-electron chi connectivity index (χ1n) is 6.60. The van der Waals surface area contributed by atoms with Gasteiger partial charge >= 0.3 is 0 Å². The van der Waals surface area contributed by atoms with E-state index in [0.717, 1.165) is 29.8 Å². The summed E-state index contributed by atoms with van der Waals surface area (Å²) in [6, 6.07) is 6.73. The van der Waals surface area contributed by atoms with Gasteiger partial charge in [-0.3, -0.25) is 0 Å². The molecule has 0 bridgehead atoms. The van der Waals surface area contributed by atoms with Crippen LogP contribution in [-0.4, -0.2) is 19.7 Å². The molecule has 1 saturated carbocycles. The van der Waals surface area contributed by atoms with Crippen LogP contribution in [0.3, 0.4) is 0 Å². The van der Waals surface area contributed by atoms with Gasteiger partial charge in [-0.1, -0.05) is 31.5 Å². The molecule has 1 aromatic carbocycles. The highest BCUT2D eigenvalue weighted by atomic mass is 35.5. The monoisotopic (exact) mass is 267 g/mol. The Hall–Kier alpha value is -0.730. The molecule has 3 heteroatoms. The molecule has 0 saturated heterocycles. The normalized spacial score (nSPS) is 15.8. The maximum atomic E-state index is 6.35. The highest BCUT2D eigenvalue weighted by Crippen LogP contribution is 2.34. The van der Waals surface area contributed by atoms with Crippen LogP contribution in [0.5, 0.6) is 5.75 Å². The Balaban J connectivity index is 2.02. The van der Waals surface area contributed by atoms with E-state index in [-0.39, 0.29) is 5.41 Å². The molecule has 2 nitrogen and oxygen atoms in total. The van der Waals surface area contributed by atoms with E-state index in [1.54, 1.807) is 7.11 Å². The van der Waals surface area contributed by atoms with Gasteiger partial charge in [0.15, 0.2) is 0 Å². The van der Waals surface area contributed by atoms with Gasteiger partial charge < -0.3 is 10.1 Å². The lowest BCUT2D eigenvalue weighted by molar-refractivity contribution is 0.413. The van der Waals surface area contributed by atoms with Crippen molar-refractivity contribution in [3.05, 3.63) is 28.8 Å². The van der Waals surface area contributed by atoms with Gasteiger partial charge in [-0.25, -0.2) is 0 Å². The van der Waals surface area contributed by atoms with Gasteiger partial charge in [0, 0.05) is 11.1 Å². The lowest BCUT2D eigenvalue weighted by Gasteiger charge is -2.27. The maximum absolute atomic E-state index is 6.35. The summed E-state index contributed by atoms with van der Waals surface area (Å²) in [6.07, 6.45) is 3.77. The molecule has 1 aliphatic carbocycles. The maximum Gasteiger partial charge on any atom is 0.120 e. The summed E-state index contributed by atoms with van der Waals surface area (Å²) in [4.78, 5) is 0. The molecule has 1 aliphatic rings. The standard InChI is InChI=1S/C15H22ClNO/c1-15(2,8-9-17-11-4-5-11)13-7-6-12(18-3)10-14(13)16/h6-7,10-11,17H,4-5,8-9H2,1-3H3. The molecule has 0 amide bonds. The minimum absolute atomic E-state index is 0.0885. The van der Waals surface area contributed by atoms with Crippen molar-refractivity contribution in [2.75, 3.05) is 13.7 Å².